The van der Waals surface area contributed by atoms with Crippen molar-refractivity contribution in [1.29, 1.82) is 0 Å². The minimum atomic E-state index is -0.329. The number of amides is 1. The topological polar surface area (TPSA) is 45.1 Å². The van der Waals surface area contributed by atoms with Crippen LogP contribution in [0.3, 0.4) is 0 Å². The highest BCUT2D eigenvalue weighted by atomic mass is 32.2. The van der Waals surface area contributed by atoms with Crippen molar-refractivity contribution in [3.05, 3.63) is 88.0 Å². The van der Waals surface area contributed by atoms with Gasteiger partial charge in [-0.25, -0.2) is 9.38 Å². The third-order valence-electron chi connectivity index (χ3n) is 5.33. The van der Waals surface area contributed by atoms with E-state index in [1.165, 1.54) is 23.9 Å². The fraction of sp³-hybridized carbons (Fsp3) is 0.120. The zero-order chi connectivity index (χ0) is 23.1. The van der Waals surface area contributed by atoms with Crippen LogP contribution in [0.5, 0.6) is 5.75 Å². The maximum absolute atomic E-state index is 13.7. The molecule has 8 heteroatoms. The molecule has 3 aromatic rings. The summed E-state index contributed by atoms with van der Waals surface area (Å²) in [5.41, 5.74) is 3.35. The molecule has 5 nitrogen and oxygen atoms in total. The minimum Gasteiger partial charge on any atom is -0.497 e. The normalized spacial score (nSPS) is 18.9. The highest BCUT2D eigenvalue weighted by molar-refractivity contribution is 8.20. The monoisotopic (exact) mass is 477 g/mol. The van der Waals surface area contributed by atoms with Gasteiger partial charge in [0.05, 0.1) is 29.2 Å². The van der Waals surface area contributed by atoms with Gasteiger partial charge in [-0.3, -0.25) is 9.69 Å². The number of hydrogen-bond donors (Lipinski definition) is 0. The first-order chi connectivity index (χ1) is 15.9. The van der Waals surface area contributed by atoms with Crippen molar-refractivity contribution in [2.45, 2.75) is 11.8 Å². The summed E-state index contributed by atoms with van der Waals surface area (Å²) in [7, 11) is 3.58. The molecule has 3 aromatic carbocycles. The van der Waals surface area contributed by atoms with Crippen LogP contribution < -0.4 is 14.5 Å². The largest absolute Gasteiger partial charge is 0.497 e. The van der Waals surface area contributed by atoms with Crippen LogP contribution in [0.4, 0.5) is 21.5 Å². The number of aliphatic imine (C=N–C) groups is 1. The first-order valence-electron chi connectivity index (χ1n) is 10.2. The number of rotatable bonds is 3. The highest BCUT2D eigenvalue weighted by Crippen LogP contribution is 2.51. The van der Waals surface area contributed by atoms with Gasteiger partial charge in [-0.15, -0.1) is 0 Å². The summed E-state index contributed by atoms with van der Waals surface area (Å²) in [5.74, 6) is 0.294. The van der Waals surface area contributed by atoms with Crippen molar-refractivity contribution >= 4 is 51.7 Å². The minimum absolute atomic E-state index is 0.138. The number of nitrogens with zero attached hydrogens (tertiary/aromatic N) is 3. The number of carbonyl (C=O) groups is 1. The van der Waals surface area contributed by atoms with Gasteiger partial charge in [0.2, 0.25) is 0 Å². The zero-order valence-corrected chi connectivity index (χ0v) is 19.8. The van der Waals surface area contributed by atoms with Gasteiger partial charge in [-0.1, -0.05) is 23.9 Å². The van der Waals surface area contributed by atoms with E-state index < -0.39 is 0 Å². The van der Waals surface area contributed by atoms with Gasteiger partial charge in [-0.2, -0.15) is 0 Å². The molecular formula is C25H20FN3O2S2. The van der Waals surface area contributed by atoms with E-state index >= 15 is 0 Å². The molecule has 0 bridgehead atoms. The Bertz CT molecular complexity index is 1320. The lowest BCUT2D eigenvalue weighted by Gasteiger charge is -2.17. The Morgan fingerprint density at radius 1 is 1.00 bits per heavy atom. The van der Waals surface area contributed by atoms with E-state index in [4.69, 9.17) is 9.73 Å². The molecule has 0 saturated carbocycles. The van der Waals surface area contributed by atoms with Crippen LogP contribution in [-0.2, 0) is 4.79 Å². The molecule has 0 unspecified atom stereocenters. The Hall–Kier alpha value is -3.23. The number of amidine groups is 1. The molecule has 33 heavy (non-hydrogen) atoms. The first-order valence-corrected chi connectivity index (χ1v) is 11.8. The standard InChI is InChI=1S/C25H20FN3O2S2/c1-15-5-4-6-18(13-15)29-23(30)22(33-25(29)27-17-9-7-16(26)8-10-17)24-28(2)20-14-19(31-3)11-12-21(20)32-24/h4-14H,1-3H3/b24-22-,27-25?. The van der Waals surface area contributed by atoms with Crippen LogP contribution >= 0.6 is 23.5 Å². The van der Waals surface area contributed by atoms with E-state index in [1.807, 2.05) is 61.3 Å². The first kappa shape index (κ1) is 21.6. The third kappa shape index (κ3) is 4.00. The van der Waals surface area contributed by atoms with Gasteiger partial charge >= 0.3 is 0 Å². The summed E-state index contributed by atoms with van der Waals surface area (Å²) in [5, 5.41) is 1.37. The molecule has 0 atom stereocenters. The van der Waals surface area contributed by atoms with E-state index in [2.05, 4.69) is 0 Å². The highest BCUT2D eigenvalue weighted by Gasteiger charge is 2.40. The Labute approximate surface area is 200 Å². The average Bonchev–Trinajstić information content (AvgIpc) is 3.31. The molecule has 0 N–H and O–H groups in total. The second-order valence-corrected chi connectivity index (χ2v) is 9.59. The van der Waals surface area contributed by atoms with E-state index in [0.717, 1.165) is 32.6 Å². The van der Waals surface area contributed by atoms with Crippen LogP contribution in [0.15, 0.2) is 86.6 Å². The van der Waals surface area contributed by atoms with E-state index in [1.54, 1.807) is 35.9 Å². The molecular weight excluding hydrogens is 457 g/mol. The zero-order valence-electron chi connectivity index (χ0n) is 18.2. The summed E-state index contributed by atoms with van der Waals surface area (Å²) in [6, 6.07) is 19.6. The van der Waals surface area contributed by atoms with E-state index in [0.29, 0.717) is 15.8 Å². The molecule has 166 valence electrons. The molecule has 2 aliphatic rings. The maximum atomic E-state index is 13.7. The molecule has 0 radical (unpaired) electrons. The predicted molar refractivity (Wildman–Crippen MR) is 134 cm³/mol. The molecule has 5 rings (SSSR count). The molecule has 2 heterocycles. The predicted octanol–water partition coefficient (Wildman–Crippen LogP) is 6.32. The van der Waals surface area contributed by atoms with Crippen molar-refractivity contribution in [2.75, 3.05) is 24.0 Å². The lowest BCUT2D eigenvalue weighted by atomic mass is 10.2. The van der Waals surface area contributed by atoms with Crippen LogP contribution in [0.1, 0.15) is 5.56 Å². The summed E-state index contributed by atoms with van der Waals surface area (Å²) >= 11 is 2.88. The maximum Gasteiger partial charge on any atom is 0.274 e. The van der Waals surface area contributed by atoms with Gasteiger partial charge in [-0.05, 0) is 72.8 Å². The molecule has 2 aliphatic heterocycles. The molecule has 0 aliphatic carbocycles. The van der Waals surface area contributed by atoms with Crippen molar-refractivity contribution in [1.82, 2.24) is 0 Å². The third-order valence-corrected chi connectivity index (χ3v) is 7.72. The smallest absolute Gasteiger partial charge is 0.274 e. The van der Waals surface area contributed by atoms with E-state index in [-0.39, 0.29) is 11.7 Å². The summed E-state index contributed by atoms with van der Waals surface area (Å²) < 4.78 is 18.8. The molecule has 1 fully saturated rings. The Kier molecular flexibility index (Phi) is 5.64. The molecule has 0 spiro atoms. The lowest BCUT2D eigenvalue weighted by molar-refractivity contribution is -0.113. The number of aryl methyl sites for hydroxylation is 1. The fourth-order valence-electron chi connectivity index (χ4n) is 3.65. The average molecular weight is 478 g/mol. The number of halogens is 1. The van der Waals surface area contributed by atoms with Crippen molar-refractivity contribution < 1.29 is 13.9 Å². The number of anilines is 2. The van der Waals surface area contributed by atoms with Gasteiger partial charge in [0.15, 0.2) is 5.17 Å². The van der Waals surface area contributed by atoms with Crippen LogP contribution in [-0.4, -0.2) is 25.2 Å². The van der Waals surface area contributed by atoms with Gasteiger partial charge in [0.25, 0.3) is 5.91 Å². The molecule has 1 amide bonds. The summed E-state index contributed by atoms with van der Waals surface area (Å²) in [4.78, 5) is 23.7. The van der Waals surface area contributed by atoms with Crippen LogP contribution in [0.2, 0.25) is 0 Å². The number of hydrogen-bond acceptors (Lipinski definition) is 6. The van der Waals surface area contributed by atoms with Gasteiger partial charge in [0.1, 0.15) is 16.5 Å². The number of methoxy groups -OCH3 is 1. The molecule has 1 saturated heterocycles. The number of fused-ring (bicyclic) bond motifs is 1. The van der Waals surface area contributed by atoms with E-state index in [9.17, 15) is 9.18 Å². The van der Waals surface area contributed by atoms with Gasteiger partial charge in [0, 0.05) is 18.0 Å². The quantitative estimate of drug-likeness (QED) is 0.413. The number of thioether (sulfide) groups is 2. The van der Waals surface area contributed by atoms with Crippen LogP contribution in [0.25, 0.3) is 0 Å². The lowest BCUT2D eigenvalue weighted by Crippen LogP contribution is -2.29. The summed E-state index contributed by atoms with van der Waals surface area (Å²) in [6.07, 6.45) is 0. The van der Waals surface area contributed by atoms with Crippen molar-refractivity contribution in [3.63, 3.8) is 0 Å². The Morgan fingerprint density at radius 3 is 2.52 bits per heavy atom. The van der Waals surface area contributed by atoms with Crippen molar-refractivity contribution in [3.8, 4) is 5.75 Å². The van der Waals surface area contributed by atoms with Gasteiger partial charge < -0.3 is 9.64 Å². The second-order valence-electron chi connectivity index (χ2n) is 7.58. The molecule has 0 aromatic heterocycles. The number of benzene rings is 3. The summed E-state index contributed by atoms with van der Waals surface area (Å²) in [6.45, 7) is 1.98. The number of ether oxygens (including phenoxy) is 1. The fourth-order valence-corrected chi connectivity index (χ4v) is 5.98. The second kappa shape index (κ2) is 8.61. The van der Waals surface area contributed by atoms with Crippen molar-refractivity contribution in [2.24, 2.45) is 4.99 Å². The van der Waals surface area contributed by atoms with Crippen LogP contribution in [0, 0.1) is 12.7 Å². The Balaban J connectivity index is 1.60. The number of carbonyl (C=O) groups excluding carboxylic acids is 1. The Morgan fingerprint density at radius 2 is 1.79 bits per heavy atom. The SMILES string of the molecule is COc1ccc2c(c1)N(C)/C(=C1/SC(=Nc3ccc(F)cc3)N(c3cccc(C)c3)C1=O)S2.